The van der Waals surface area contributed by atoms with E-state index in [9.17, 15) is 0 Å². The number of hydrogen-bond donors (Lipinski definition) is 0. The molecule has 3 heteroatoms. The van der Waals surface area contributed by atoms with Gasteiger partial charge in [0.25, 0.3) is 0 Å². The first-order valence-electron chi connectivity index (χ1n) is 6.87. The van der Waals surface area contributed by atoms with Gasteiger partial charge in [-0.2, -0.15) is 0 Å². The third kappa shape index (κ3) is 3.13. The van der Waals surface area contributed by atoms with Gasteiger partial charge in [0.05, 0.1) is 0 Å². The molecule has 1 fully saturated rings. The van der Waals surface area contributed by atoms with Crippen LogP contribution in [0.2, 0.25) is 5.02 Å². The molecule has 1 aromatic rings. The number of rotatable bonds is 4. The highest BCUT2D eigenvalue weighted by atomic mass is 35.5. The third-order valence-corrected chi connectivity index (χ3v) is 4.51. The van der Waals surface area contributed by atoms with E-state index in [-0.39, 0.29) is 0 Å². The molecule has 0 spiro atoms. The highest BCUT2D eigenvalue weighted by Gasteiger charge is 2.20. The Balaban J connectivity index is 2.18. The average Bonchev–Trinajstić information content (AvgIpc) is 2.41. The average molecular weight is 286 g/mol. The van der Waals surface area contributed by atoms with Gasteiger partial charge in [-0.15, -0.1) is 11.6 Å². The maximum Gasteiger partial charge on any atom is 0.0488 e. The second kappa shape index (κ2) is 6.68. The predicted octanol–water partition coefficient (Wildman–Crippen LogP) is 5.24. The van der Waals surface area contributed by atoms with Crippen molar-refractivity contribution in [2.45, 2.75) is 50.9 Å². The number of halogens is 2. The van der Waals surface area contributed by atoms with Crippen LogP contribution in [0.25, 0.3) is 0 Å². The first kappa shape index (κ1) is 14.0. The van der Waals surface area contributed by atoms with E-state index < -0.39 is 0 Å². The minimum absolute atomic E-state index is 0.481. The number of hydrogen-bond acceptors (Lipinski definition) is 1. The van der Waals surface area contributed by atoms with Gasteiger partial charge >= 0.3 is 0 Å². The van der Waals surface area contributed by atoms with Crippen molar-refractivity contribution in [3.8, 4) is 0 Å². The minimum Gasteiger partial charge on any atom is -0.369 e. The number of benzene rings is 1. The van der Waals surface area contributed by atoms with Crippen molar-refractivity contribution in [1.29, 1.82) is 0 Å². The molecule has 0 saturated heterocycles. The van der Waals surface area contributed by atoms with Crippen molar-refractivity contribution in [2.75, 3.05) is 11.4 Å². The van der Waals surface area contributed by atoms with Crippen LogP contribution in [-0.2, 0) is 5.88 Å². The summed E-state index contributed by atoms with van der Waals surface area (Å²) in [6, 6.07) is 6.96. The lowest BCUT2D eigenvalue weighted by Crippen LogP contribution is -2.36. The van der Waals surface area contributed by atoms with Gasteiger partial charge in [0.2, 0.25) is 0 Å². The zero-order chi connectivity index (χ0) is 13.0. The number of anilines is 1. The van der Waals surface area contributed by atoms with Crippen molar-refractivity contribution in [1.82, 2.24) is 0 Å². The molecule has 0 radical (unpaired) electrons. The molecule has 0 aromatic heterocycles. The molecule has 0 amide bonds. The van der Waals surface area contributed by atoms with E-state index in [1.54, 1.807) is 0 Å². The smallest absolute Gasteiger partial charge is 0.0488 e. The van der Waals surface area contributed by atoms with Crippen LogP contribution in [0.15, 0.2) is 18.2 Å². The zero-order valence-electron chi connectivity index (χ0n) is 11.0. The summed E-state index contributed by atoms with van der Waals surface area (Å²) < 4.78 is 0. The molecule has 0 bridgehead atoms. The van der Waals surface area contributed by atoms with Crippen LogP contribution in [0.5, 0.6) is 0 Å². The van der Waals surface area contributed by atoms with E-state index in [0.717, 1.165) is 17.1 Å². The fourth-order valence-electron chi connectivity index (χ4n) is 2.87. The summed E-state index contributed by atoms with van der Waals surface area (Å²) in [7, 11) is 0. The molecule has 0 heterocycles. The molecule has 1 aliphatic rings. The Bertz CT molecular complexity index is 386. The van der Waals surface area contributed by atoms with E-state index in [1.807, 2.05) is 0 Å². The first-order valence-corrected chi connectivity index (χ1v) is 7.78. The van der Waals surface area contributed by atoms with Gasteiger partial charge in [-0.3, -0.25) is 0 Å². The highest BCUT2D eigenvalue weighted by Crippen LogP contribution is 2.30. The maximum absolute atomic E-state index is 6.26. The normalized spacial score (nSPS) is 16.8. The number of nitrogens with zero attached hydrogens (tertiary/aromatic N) is 1. The minimum atomic E-state index is 0.481. The van der Waals surface area contributed by atoms with Gasteiger partial charge in [-0.05, 0) is 37.5 Å². The molecule has 0 atom stereocenters. The van der Waals surface area contributed by atoms with Crippen LogP contribution >= 0.6 is 23.2 Å². The summed E-state index contributed by atoms with van der Waals surface area (Å²) >= 11 is 12.1. The molecular weight excluding hydrogens is 265 g/mol. The standard InChI is InChI=1S/C15H21Cl2N/c1-2-18(13-6-4-3-5-7-13)14-9-8-12(11-16)15(17)10-14/h8-10,13H,2-7,11H2,1H3. The quantitative estimate of drug-likeness (QED) is 0.684. The van der Waals surface area contributed by atoms with E-state index in [2.05, 4.69) is 30.0 Å². The monoisotopic (exact) mass is 285 g/mol. The summed E-state index contributed by atoms with van der Waals surface area (Å²) in [4.78, 5) is 2.49. The van der Waals surface area contributed by atoms with Gasteiger partial charge in [-0.25, -0.2) is 0 Å². The van der Waals surface area contributed by atoms with Crippen LogP contribution < -0.4 is 4.90 Å². The summed E-state index contributed by atoms with van der Waals surface area (Å²) in [5, 5.41) is 0.789. The molecule has 18 heavy (non-hydrogen) atoms. The summed E-state index contributed by atoms with van der Waals surface area (Å²) in [5.74, 6) is 0.481. The fraction of sp³-hybridized carbons (Fsp3) is 0.600. The summed E-state index contributed by atoms with van der Waals surface area (Å²) in [6.45, 7) is 3.26. The van der Waals surface area contributed by atoms with Gasteiger partial charge in [0, 0.05) is 29.2 Å². The lowest BCUT2D eigenvalue weighted by atomic mass is 9.93. The van der Waals surface area contributed by atoms with Gasteiger partial charge in [-0.1, -0.05) is 36.9 Å². The second-order valence-electron chi connectivity index (χ2n) is 4.99. The zero-order valence-corrected chi connectivity index (χ0v) is 12.5. The summed E-state index contributed by atoms with van der Waals surface area (Å²) in [6.07, 6.45) is 6.72. The lowest BCUT2D eigenvalue weighted by Gasteiger charge is -2.35. The molecule has 2 rings (SSSR count). The molecule has 0 aliphatic heterocycles. The Hall–Kier alpha value is -0.400. The Kier molecular flexibility index (Phi) is 5.20. The predicted molar refractivity (Wildman–Crippen MR) is 80.9 cm³/mol. The van der Waals surface area contributed by atoms with Crippen LogP contribution in [0, 0.1) is 0 Å². The maximum atomic E-state index is 6.26. The van der Waals surface area contributed by atoms with E-state index in [1.165, 1.54) is 37.8 Å². The lowest BCUT2D eigenvalue weighted by molar-refractivity contribution is 0.418. The van der Waals surface area contributed by atoms with E-state index >= 15 is 0 Å². The Morgan fingerprint density at radius 3 is 2.50 bits per heavy atom. The molecule has 0 N–H and O–H groups in total. The molecule has 1 aliphatic carbocycles. The molecule has 100 valence electrons. The molecule has 1 saturated carbocycles. The second-order valence-corrected chi connectivity index (χ2v) is 5.66. The Morgan fingerprint density at radius 2 is 1.94 bits per heavy atom. The van der Waals surface area contributed by atoms with Gasteiger partial charge in [0.15, 0.2) is 0 Å². The number of alkyl halides is 1. The summed E-state index contributed by atoms with van der Waals surface area (Å²) in [5.41, 5.74) is 2.25. The van der Waals surface area contributed by atoms with Crippen LogP contribution in [0.4, 0.5) is 5.69 Å². The van der Waals surface area contributed by atoms with Crippen LogP contribution in [-0.4, -0.2) is 12.6 Å². The van der Waals surface area contributed by atoms with Gasteiger partial charge < -0.3 is 4.90 Å². The topological polar surface area (TPSA) is 3.24 Å². The van der Waals surface area contributed by atoms with Crippen molar-refractivity contribution >= 4 is 28.9 Å². The van der Waals surface area contributed by atoms with Crippen molar-refractivity contribution < 1.29 is 0 Å². The Labute approximate surface area is 120 Å². The van der Waals surface area contributed by atoms with Crippen molar-refractivity contribution in [3.05, 3.63) is 28.8 Å². The SMILES string of the molecule is CCN(c1ccc(CCl)c(Cl)c1)C1CCCCC1. The van der Waals surface area contributed by atoms with Crippen LogP contribution in [0.3, 0.4) is 0 Å². The van der Waals surface area contributed by atoms with Crippen molar-refractivity contribution in [2.24, 2.45) is 0 Å². The molecule has 1 aromatic carbocycles. The van der Waals surface area contributed by atoms with E-state index in [0.29, 0.717) is 11.9 Å². The molecule has 0 unspecified atom stereocenters. The van der Waals surface area contributed by atoms with E-state index in [4.69, 9.17) is 23.2 Å². The highest BCUT2D eigenvalue weighted by molar-refractivity contribution is 6.32. The Morgan fingerprint density at radius 1 is 1.22 bits per heavy atom. The molecular formula is C15H21Cl2N. The molecule has 1 nitrogen and oxygen atoms in total. The van der Waals surface area contributed by atoms with Gasteiger partial charge in [0.1, 0.15) is 0 Å². The van der Waals surface area contributed by atoms with Crippen molar-refractivity contribution in [3.63, 3.8) is 0 Å². The van der Waals surface area contributed by atoms with Crippen LogP contribution in [0.1, 0.15) is 44.6 Å². The fourth-order valence-corrected chi connectivity index (χ4v) is 3.41. The largest absolute Gasteiger partial charge is 0.369 e. The first-order chi connectivity index (χ1) is 8.76. The third-order valence-electron chi connectivity index (χ3n) is 3.87.